The van der Waals surface area contributed by atoms with E-state index in [1.165, 1.54) is 8.45 Å². The maximum atomic E-state index is 5.66. The Morgan fingerprint density at radius 1 is 1.78 bits per heavy atom. The van der Waals surface area contributed by atoms with Crippen LogP contribution in [0.5, 0.6) is 0 Å². The average molecular weight is 253 g/mol. The summed E-state index contributed by atoms with van der Waals surface area (Å²) in [4.78, 5) is 1.29. The first-order valence-electron chi connectivity index (χ1n) is 2.70. The third kappa shape index (κ3) is 1.65. The zero-order chi connectivity index (χ0) is 6.85. The molecule has 2 N–H and O–H groups in total. The summed E-state index contributed by atoms with van der Waals surface area (Å²) in [6.45, 7) is 2.01. The molecule has 1 nitrogen and oxygen atoms in total. The third-order valence-electron chi connectivity index (χ3n) is 1.06. The molecule has 0 aromatic carbocycles. The Kier molecular flexibility index (Phi) is 2.49. The zero-order valence-electron chi connectivity index (χ0n) is 5.10. The van der Waals surface area contributed by atoms with Gasteiger partial charge >= 0.3 is 0 Å². The molecule has 0 radical (unpaired) electrons. The number of nitrogens with two attached hydrogens (primary N) is 1. The highest BCUT2D eigenvalue weighted by Gasteiger charge is 2.03. The monoisotopic (exact) mass is 253 g/mol. The van der Waals surface area contributed by atoms with Crippen molar-refractivity contribution in [1.82, 2.24) is 0 Å². The predicted octanol–water partition coefficient (Wildman–Crippen LogP) is 2.37. The van der Waals surface area contributed by atoms with E-state index in [-0.39, 0.29) is 6.04 Å². The van der Waals surface area contributed by atoms with Crippen LogP contribution < -0.4 is 5.73 Å². The van der Waals surface area contributed by atoms with Gasteiger partial charge < -0.3 is 5.73 Å². The van der Waals surface area contributed by atoms with Crippen LogP contribution >= 0.6 is 33.9 Å². The van der Waals surface area contributed by atoms with E-state index in [2.05, 4.69) is 34.0 Å². The van der Waals surface area contributed by atoms with Gasteiger partial charge in [-0.25, -0.2) is 0 Å². The molecule has 1 aromatic heterocycles. The maximum Gasteiger partial charge on any atom is 0.0371 e. The minimum absolute atomic E-state index is 0.192. The van der Waals surface area contributed by atoms with Crippen LogP contribution in [0.4, 0.5) is 0 Å². The Bertz CT molecular complexity index is 195. The first-order chi connectivity index (χ1) is 4.22. The Morgan fingerprint density at radius 3 is 2.67 bits per heavy atom. The Balaban J connectivity index is 2.94. The topological polar surface area (TPSA) is 26.0 Å². The van der Waals surface area contributed by atoms with Gasteiger partial charge in [-0.1, -0.05) is 0 Å². The molecule has 0 aliphatic carbocycles. The molecule has 1 atom stereocenters. The number of thiophene rings is 1. The molecule has 0 saturated heterocycles. The molecular formula is C6H8INS. The summed E-state index contributed by atoms with van der Waals surface area (Å²) >= 11 is 4.03. The van der Waals surface area contributed by atoms with E-state index in [0.29, 0.717) is 0 Å². The van der Waals surface area contributed by atoms with Crippen LogP contribution in [0.1, 0.15) is 17.8 Å². The normalized spacial score (nSPS) is 13.7. The van der Waals surface area contributed by atoms with Gasteiger partial charge in [-0.2, -0.15) is 0 Å². The van der Waals surface area contributed by atoms with Gasteiger partial charge in [0.1, 0.15) is 0 Å². The van der Waals surface area contributed by atoms with Crippen molar-refractivity contribution in [2.45, 2.75) is 13.0 Å². The van der Waals surface area contributed by atoms with Gasteiger partial charge in [-0.15, -0.1) is 11.3 Å². The smallest absolute Gasteiger partial charge is 0.0371 e. The lowest BCUT2D eigenvalue weighted by Gasteiger charge is -1.99. The summed E-state index contributed by atoms with van der Waals surface area (Å²) in [5.41, 5.74) is 5.66. The molecule has 0 aliphatic rings. The second-order valence-corrected chi connectivity index (χ2v) is 4.03. The van der Waals surface area contributed by atoms with Crippen molar-refractivity contribution in [3.05, 3.63) is 19.9 Å². The highest BCUT2D eigenvalue weighted by Crippen LogP contribution is 2.23. The standard InChI is InChI=1S/C6H8INS/c1-4(8)6-5(7)2-3-9-6/h2-4H,8H2,1H3. The summed E-state index contributed by atoms with van der Waals surface area (Å²) in [7, 11) is 0. The second-order valence-electron chi connectivity index (χ2n) is 1.92. The zero-order valence-corrected chi connectivity index (χ0v) is 8.07. The number of halogens is 1. The van der Waals surface area contributed by atoms with E-state index < -0.39 is 0 Å². The van der Waals surface area contributed by atoms with Crippen LogP contribution in [0.25, 0.3) is 0 Å². The molecule has 9 heavy (non-hydrogen) atoms. The Morgan fingerprint density at radius 2 is 2.44 bits per heavy atom. The van der Waals surface area contributed by atoms with Gasteiger partial charge in [0.15, 0.2) is 0 Å². The van der Waals surface area contributed by atoms with E-state index in [0.717, 1.165) is 0 Å². The predicted molar refractivity (Wildman–Crippen MR) is 49.6 cm³/mol. The van der Waals surface area contributed by atoms with Gasteiger partial charge in [-0.3, -0.25) is 0 Å². The van der Waals surface area contributed by atoms with Crippen LogP contribution in [0.3, 0.4) is 0 Å². The molecule has 1 aromatic rings. The molecule has 0 saturated carbocycles. The Hall–Kier alpha value is 0.390. The Labute approximate surface area is 72.4 Å². The number of hydrogen-bond acceptors (Lipinski definition) is 2. The molecular weight excluding hydrogens is 245 g/mol. The van der Waals surface area contributed by atoms with Gasteiger partial charge in [0.05, 0.1) is 0 Å². The molecule has 0 bridgehead atoms. The lowest BCUT2D eigenvalue weighted by molar-refractivity contribution is 0.834. The van der Waals surface area contributed by atoms with Gasteiger partial charge in [0.25, 0.3) is 0 Å². The molecule has 0 aliphatic heterocycles. The summed E-state index contributed by atoms with van der Waals surface area (Å²) in [6, 6.07) is 2.28. The van der Waals surface area contributed by atoms with Gasteiger partial charge in [0.2, 0.25) is 0 Å². The van der Waals surface area contributed by atoms with Crippen LogP contribution in [-0.4, -0.2) is 0 Å². The molecule has 1 rings (SSSR count). The van der Waals surface area contributed by atoms with Crippen molar-refractivity contribution in [2.24, 2.45) is 5.73 Å². The molecule has 1 unspecified atom stereocenters. The quantitative estimate of drug-likeness (QED) is 0.764. The summed E-state index contributed by atoms with van der Waals surface area (Å²) in [5, 5.41) is 2.07. The maximum absolute atomic E-state index is 5.66. The highest BCUT2D eigenvalue weighted by atomic mass is 127. The van der Waals surface area contributed by atoms with Crippen molar-refractivity contribution in [3.8, 4) is 0 Å². The third-order valence-corrected chi connectivity index (χ3v) is 3.48. The number of rotatable bonds is 1. The number of hydrogen-bond donors (Lipinski definition) is 1. The van der Waals surface area contributed by atoms with Crippen LogP contribution in [0.15, 0.2) is 11.4 Å². The van der Waals surface area contributed by atoms with E-state index in [4.69, 9.17) is 5.73 Å². The van der Waals surface area contributed by atoms with Gasteiger partial charge in [-0.05, 0) is 41.0 Å². The summed E-state index contributed by atoms with van der Waals surface area (Å²) in [5.74, 6) is 0. The van der Waals surface area contributed by atoms with Crippen molar-refractivity contribution >= 4 is 33.9 Å². The van der Waals surface area contributed by atoms with E-state index in [1.54, 1.807) is 11.3 Å². The molecule has 50 valence electrons. The van der Waals surface area contributed by atoms with E-state index in [1.807, 2.05) is 6.92 Å². The lowest BCUT2D eigenvalue weighted by atomic mass is 10.3. The SMILES string of the molecule is CC(N)c1sccc1I. The van der Waals surface area contributed by atoms with Crippen molar-refractivity contribution in [3.63, 3.8) is 0 Å². The molecule has 0 fully saturated rings. The van der Waals surface area contributed by atoms with E-state index >= 15 is 0 Å². The van der Waals surface area contributed by atoms with Crippen LogP contribution in [0.2, 0.25) is 0 Å². The molecule has 1 heterocycles. The minimum Gasteiger partial charge on any atom is -0.323 e. The first-order valence-corrected chi connectivity index (χ1v) is 4.66. The average Bonchev–Trinajstić information content (AvgIpc) is 2.13. The fraction of sp³-hybridized carbons (Fsp3) is 0.333. The second kappa shape index (κ2) is 2.98. The van der Waals surface area contributed by atoms with E-state index in [9.17, 15) is 0 Å². The molecule has 3 heteroatoms. The summed E-state index contributed by atoms with van der Waals surface area (Å²) in [6.07, 6.45) is 0. The lowest BCUT2D eigenvalue weighted by Crippen LogP contribution is -2.03. The fourth-order valence-corrected chi connectivity index (χ4v) is 2.67. The largest absolute Gasteiger partial charge is 0.323 e. The van der Waals surface area contributed by atoms with Crippen LogP contribution in [0, 0.1) is 3.57 Å². The molecule has 0 spiro atoms. The van der Waals surface area contributed by atoms with Crippen molar-refractivity contribution in [1.29, 1.82) is 0 Å². The fourth-order valence-electron chi connectivity index (χ4n) is 0.630. The summed E-state index contributed by atoms with van der Waals surface area (Å²) < 4.78 is 1.28. The van der Waals surface area contributed by atoms with Gasteiger partial charge in [0, 0.05) is 14.5 Å². The first kappa shape index (κ1) is 7.50. The highest BCUT2D eigenvalue weighted by molar-refractivity contribution is 14.1. The van der Waals surface area contributed by atoms with Crippen molar-refractivity contribution in [2.75, 3.05) is 0 Å². The van der Waals surface area contributed by atoms with Crippen molar-refractivity contribution < 1.29 is 0 Å². The molecule has 0 amide bonds. The minimum atomic E-state index is 0.192. The van der Waals surface area contributed by atoms with Crippen LogP contribution in [-0.2, 0) is 0 Å².